The van der Waals surface area contributed by atoms with Gasteiger partial charge in [0.25, 0.3) is 0 Å². The Morgan fingerprint density at radius 2 is 1.92 bits per heavy atom. The molecule has 0 unspecified atom stereocenters. The number of pyridine rings is 1. The van der Waals surface area contributed by atoms with Gasteiger partial charge in [-0.05, 0) is 39.0 Å². The predicted molar refractivity (Wildman–Crippen MR) is 97.2 cm³/mol. The average molecular weight is 367 g/mol. The van der Waals surface area contributed by atoms with E-state index >= 15 is 0 Å². The van der Waals surface area contributed by atoms with E-state index in [1.807, 2.05) is 31.2 Å². The fourth-order valence-electron chi connectivity index (χ4n) is 1.98. The summed E-state index contributed by atoms with van der Waals surface area (Å²) >= 11 is 1.31. The van der Waals surface area contributed by atoms with Crippen molar-refractivity contribution in [2.45, 2.75) is 30.4 Å². The van der Waals surface area contributed by atoms with Crippen molar-refractivity contribution in [2.75, 3.05) is 14.1 Å². The maximum Gasteiger partial charge on any atom is 0.303 e. The number of benzene rings is 1. The molecule has 0 aliphatic heterocycles. The van der Waals surface area contributed by atoms with Gasteiger partial charge in [-0.25, -0.2) is 4.72 Å². The number of rotatable bonds is 5. The molecular weight excluding hydrogens is 346 g/mol. The van der Waals surface area contributed by atoms with E-state index in [-0.39, 0.29) is 0 Å². The zero-order valence-electron chi connectivity index (χ0n) is 14.3. The van der Waals surface area contributed by atoms with Crippen LogP contribution in [-0.2, 0) is 15.0 Å². The zero-order chi connectivity index (χ0) is 18.1. The summed E-state index contributed by atoms with van der Waals surface area (Å²) in [5, 5.41) is 0.943. The molecule has 0 fully saturated rings. The van der Waals surface area contributed by atoms with E-state index in [2.05, 4.69) is 9.71 Å². The van der Waals surface area contributed by atoms with Crippen LogP contribution in [0, 0.1) is 6.92 Å². The number of fused-ring (bicyclic) bond motifs is 1. The lowest BCUT2D eigenvalue weighted by Crippen LogP contribution is -2.47. The molecule has 130 valence electrons. The van der Waals surface area contributed by atoms with E-state index in [1.165, 1.54) is 25.9 Å². The fourth-order valence-corrected chi connectivity index (χ4v) is 3.81. The minimum Gasteiger partial charge on any atom is -0.272 e. The topological polar surface area (TPSA) is 79.4 Å². The molecule has 1 amide bonds. The lowest BCUT2D eigenvalue weighted by Gasteiger charge is -2.24. The maximum absolute atomic E-state index is 12.4. The summed E-state index contributed by atoms with van der Waals surface area (Å²) in [6, 6.07) is 7.75. The minimum absolute atomic E-state index is 0.571. The third-order valence-corrected chi connectivity index (χ3v) is 6.15. The van der Waals surface area contributed by atoms with E-state index in [1.54, 1.807) is 20.0 Å². The number of hydrogen-bond donors (Lipinski definition) is 1. The molecule has 0 radical (unpaired) electrons. The third-order valence-electron chi connectivity index (χ3n) is 3.47. The van der Waals surface area contributed by atoms with Crippen LogP contribution >= 0.6 is 11.8 Å². The number of aromatic nitrogens is 1. The lowest BCUT2D eigenvalue weighted by molar-refractivity contribution is -0.120. The first-order valence-electron chi connectivity index (χ1n) is 7.32. The van der Waals surface area contributed by atoms with Gasteiger partial charge >= 0.3 is 10.2 Å². The largest absolute Gasteiger partial charge is 0.303 e. The van der Waals surface area contributed by atoms with Gasteiger partial charge in [-0.2, -0.15) is 12.7 Å². The first-order chi connectivity index (χ1) is 11.0. The molecular formula is C16H21N3O3S2. The molecule has 8 heteroatoms. The number of carbonyl (C=O) groups excluding carboxylic acids is 1. The fraction of sp³-hybridized carbons (Fsp3) is 0.375. The van der Waals surface area contributed by atoms with Gasteiger partial charge in [0.2, 0.25) is 5.91 Å². The van der Waals surface area contributed by atoms with Crippen molar-refractivity contribution >= 4 is 38.8 Å². The second-order valence-electron chi connectivity index (χ2n) is 6.16. The summed E-state index contributed by atoms with van der Waals surface area (Å²) in [5.41, 5.74) is 1.93. The second kappa shape index (κ2) is 6.70. The van der Waals surface area contributed by atoms with Crippen molar-refractivity contribution < 1.29 is 13.2 Å². The molecule has 24 heavy (non-hydrogen) atoms. The molecule has 0 atom stereocenters. The summed E-state index contributed by atoms with van der Waals surface area (Å²) < 4.78 is 25.8. The molecule has 0 saturated carbocycles. The van der Waals surface area contributed by atoms with Crippen molar-refractivity contribution in [3.63, 3.8) is 0 Å². The normalized spacial score (nSPS) is 12.6. The quantitative estimate of drug-likeness (QED) is 0.821. The molecule has 0 spiro atoms. The van der Waals surface area contributed by atoms with Crippen LogP contribution < -0.4 is 4.72 Å². The molecule has 6 nitrogen and oxygen atoms in total. The monoisotopic (exact) mass is 367 g/mol. The van der Waals surface area contributed by atoms with Gasteiger partial charge in [-0.3, -0.25) is 9.78 Å². The van der Waals surface area contributed by atoms with Crippen molar-refractivity contribution in [1.29, 1.82) is 0 Å². The maximum atomic E-state index is 12.4. The number of nitrogens with zero attached hydrogens (tertiary/aromatic N) is 2. The molecule has 1 aromatic heterocycles. The molecule has 0 saturated heterocycles. The summed E-state index contributed by atoms with van der Waals surface area (Å²) in [7, 11) is -1.07. The predicted octanol–water partition coefficient (Wildman–Crippen LogP) is 2.34. The highest BCUT2D eigenvalue weighted by Gasteiger charge is 2.33. The van der Waals surface area contributed by atoms with Crippen LogP contribution in [0.2, 0.25) is 0 Å². The SMILES string of the molecule is Cc1ccc2nccc(SC(C)(C)C(=O)NS(=O)(=O)N(C)C)c2c1. The molecule has 2 aromatic rings. The van der Waals surface area contributed by atoms with E-state index in [9.17, 15) is 13.2 Å². The van der Waals surface area contributed by atoms with Gasteiger partial charge < -0.3 is 0 Å². The number of nitrogens with one attached hydrogen (secondary N) is 1. The Balaban J connectivity index is 2.32. The van der Waals surface area contributed by atoms with E-state index < -0.39 is 20.9 Å². The van der Waals surface area contributed by atoms with Gasteiger partial charge in [0.1, 0.15) is 0 Å². The zero-order valence-corrected chi connectivity index (χ0v) is 16.0. The van der Waals surface area contributed by atoms with Crippen LogP contribution in [0.15, 0.2) is 35.4 Å². The molecule has 0 aliphatic rings. The highest BCUT2D eigenvalue weighted by Crippen LogP contribution is 2.36. The number of aryl methyl sites for hydroxylation is 1. The number of amides is 1. The van der Waals surface area contributed by atoms with Gasteiger partial charge in [0.05, 0.1) is 10.3 Å². The van der Waals surface area contributed by atoms with Crippen LogP contribution in [0.1, 0.15) is 19.4 Å². The second-order valence-corrected chi connectivity index (χ2v) is 9.71. The Labute approximate surface area is 146 Å². The van der Waals surface area contributed by atoms with E-state index in [0.717, 1.165) is 25.7 Å². The van der Waals surface area contributed by atoms with E-state index in [0.29, 0.717) is 0 Å². The standard InChI is InChI=1S/C16H21N3O3S2/c1-11-6-7-13-12(10-11)14(8-9-17-13)23-16(2,3)15(20)18-24(21,22)19(4)5/h6-10H,1-5H3,(H,18,20). The minimum atomic E-state index is -3.81. The van der Waals surface area contributed by atoms with Gasteiger partial charge in [0.15, 0.2) is 0 Å². The highest BCUT2D eigenvalue weighted by molar-refractivity contribution is 8.01. The van der Waals surface area contributed by atoms with Crippen molar-refractivity contribution in [2.24, 2.45) is 0 Å². The van der Waals surface area contributed by atoms with Crippen LogP contribution in [0.3, 0.4) is 0 Å². The summed E-state index contributed by atoms with van der Waals surface area (Å²) in [6.07, 6.45) is 1.69. The molecule has 1 N–H and O–H groups in total. The molecule has 1 aromatic carbocycles. The van der Waals surface area contributed by atoms with Crippen LogP contribution in [-0.4, -0.2) is 42.5 Å². The molecule has 2 rings (SSSR count). The third kappa shape index (κ3) is 4.06. The molecule has 1 heterocycles. The van der Waals surface area contributed by atoms with Crippen LogP contribution in [0.4, 0.5) is 0 Å². The molecule has 0 bridgehead atoms. The van der Waals surface area contributed by atoms with Crippen molar-refractivity contribution in [3.8, 4) is 0 Å². The Hall–Kier alpha value is -1.64. The number of thioether (sulfide) groups is 1. The Bertz CT molecular complexity index is 877. The Morgan fingerprint density at radius 1 is 1.25 bits per heavy atom. The lowest BCUT2D eigenvalue weighted by atomic mass is 10.1. The summed E-state index contributed by atoms with van der Waals surface area (Å²) in [6.45, 7) is 5.38. The summed E-state index contributed by atoms with van der Waals surface area (Å²) in [5.74, 6) is -0.571. The Morgan fingerprint density at radius 3 is 2.54 bits per heavy atom. The van der Waals surface area contributed by atoms with Crippen molar-refractivity contribution in [1.82, 2.24) is 14.0 Å². The van der Waals surface area contributed by atoms with Gasteiger partial charge in [-0.15, -0.1) is 11.8 Å². The average Bonchev–Trinajstić information content (AvgIpc) is 2.47. The smallest absolute Gasteiger partial charge is 0.272 e. The highest BCUT2D eigenvalue weighted by atomic mass is 32.2. The summed E-state index contributed by atoms with van der Waals surface area (Å²) in [4.78, 5) is 17.6. The first kappa shape index (κ1) is 18.7. The first-order valence-corrected chi connectivity index (χ1v) is 9.58. The number of carbonyl (C=O) groups is 1. The van der Waals surface area contributed by atoms with Crippen molar-refractivity contribution in [3.05, 3.63) is 36.0 Å². The molecule has 0 aliphatic carbocycles. The van der Waals surface area contributed by atoms with Crippen LogP contribution in [0.5, 0.6) is 0 Å². The van der Waals surface area contributed by atoms with Gasteiger partial charge in [0, 0.05) is 30.6 Å². The number of hydrogen-bond acceptors (Lipinski definition) is 5. The Kier molecular flexibility index (Phi) is 5.22. The van der Waals surface area contributed by atoms with Crippen LogP contribution in [0.25, 0.3) is 10.9 Å². The van der Waals surface area contributed by atoms with E-state index in [4.69, 9.17) is 0 Å². The van der Waals surface area contributed by atoms with Gasteiger partial charge in [-0.1, -0.05) is 11.6 Å².